The molecule has 26 heavy (non-hydrogen) atoms. The first-order valence-electron chi connectivity index (χ1n) is 9.01. The lowest BCUT2D eigenvalue weighted by molar-refractivity contribution is 0.489. The minimum absolute atomic E-state index is 0.327. The number of nitrogens with zero attached hydrogens (tertiary/aromatic N) is 6. The number of aryl methyl sites for hydroxylation is 2. The molecule has 7 heteroatoms. The van der Waals surface area contributed by atoms with Crippen LogP contribution in [0.5, 0.6) is 0 Å². The van der Waals surface area contributed by atoms with Crippen molar-refractivity contribution in [2.45, 2.75) is 39.5 Å². The summed E-state index contributed by atoms with van der Waals surface area (Å²) in [6, 6.07) is 3.90. The van der Waals surface area contributed by atoms with Crippen LogP contribution in [0.1, 0.15) is 41.7 Å². The van der Waals surface area contributed by atoms with Gasteiger partial charge in [-0.05, 0) is 45.7 Å². The van der Waals surface area contributed by atoms with Crippen LogP contribution in [0, 0.1) is 20.8 Å². The monoisotopic (exact) mass is 349 g/mol. The van der Waals surface area contributed by atoms with Gasteiger partial charge in [-0.15, -0.1) is 0 Å². The van der Waals surface area contributed by atoms with Gasteiger partial charge in [-0.2, -0.15) is 5.10 Å². The van der Waals surface area contributed by atoms with E-state index in [1.54, 1.807) is 12.4 Å². The summed E-state index contributed by atoms with van der Waals surface area (Å²) in [4.78, 5) is 20.6. The summed E-state index contributed by atoms with van der Waals surface area (Å²) in [6.07, 6.45) is 5.76. The van der Waals surface area contributed by atoms with Gasteiger partial charge in [-0.3, -0.25) is 10.1 Å². The van der Waals surface area contributed by atoms with Gasteiger partial charge in [-0.25, -0.2) is 15.0 Å². The van der Waals surface area contributed by atoms with Crippen molar-refractivity contribution in [1.29, 1.82) is 0 Å². The van der Waals surface area contributed by atoms with Crippen LogP contribution in [0.3, 0.4) is 0 Å². The molecule has 0 amide bonds. The molecule has 0 radical (unpaired) electrons. The minimum Gasteiger partial charge on any atom is -0.356 e. The first-order valence-corrected chi connectivity index (χ1v) is 9.01. The zero-order valence-electron chi connectivity index (χ0n) is 15.4. The zero-order valence-corrected chi connectivity index (χ0v) is 15.4. The normalized spacial score (nSPS) is 17.5. The smallest absolute Gasteiger partial charge is 0.161 e. The van der Waals surface area contributed by atoms with Crippen molar-refractivity contribution in [3.63, 3.8) is 0 Å². The maximum absolute atomic E-state index is 4.90. The van der Waals surface area contributed by atoms with Crippen LogP contribution in [0.25, 0.3) is 11.4 Å². The molecule has 3 aromatic rings. The molecule has 4 rings (SSSR count). The second kappa shape index (κ2) is 6.82. The average molecular weight is 349 g/mol. The van der Waals surface area contributed by atoms with E-state index in [-0.39, 0.29) is 0 Å². The number of pyridine rings is 1. The van der Waals surface area contributed by atoms with Crippen LogP contribution in [-0.4, -0.2) is 43.2 Å². The highest BCUT2D eigenvalue weighted by Crippen LogP contribution is 2.31. The van der Waals surface area contributed by atoms with E-state index in [0.717, 1.165) is 66.0 Å². The molecule has 1 fully saturated rings. The predicted octanol–water partition coefficient (Wildman–Crippen LogP) is 2.97. The molecule has 0 spiro atoms. The fraction of sp³-hybridized carbons (Fsp3) is 0.421. The highest BCUT2D eigenvalue weighted by Gasteiger charge is 2.27. The number of piperidine rings is 1. The maximum Gasteiger partial charge on any atom is 0.161 e. The third-order valence-corrected chi connectivity index (χ3v) is 5.00. The molecule has 1 atom stereocenters. The molecule has 1 unspecified atom stereocenters. The van der Waals surface area contributed by atoms with Crippen molar-refractivity contribution in [1.82, 2.24) is 30.1 Å². The lowest BCUT2D eigenvalue weighted by Gasteiger charge is -2.33. The Balaban J connectivity index is 1.67. The Morgan fingerprint density at radius 1 is 1.08 bits per heavy atom. The molecule has 1 saturated heterocycles. The molecule has 0 saturated carbocycles. The minimum atomic E-state index is 0.327. The summed E-state index contributed by atoms with van der Waals surface area (Å²) in [5.74, 6) is 3.87. The Morgan fingerprint density at radius 3 is 2.62 bits per heavy atom. The molecule has 1 N–H and O–H groups in total. The van der Waals surface area contributed by atoms with Gasteiger partial charge in [-0.1, -0.05) is 0 Å². The number of rotatable bonds is 3. The summed E-state index contributed by atoms with van der Waals surface area (Å²) in [7, 11) is 0. The van der Waals surface area contributed by atoms with Gasteiger partial charge in [0.1, 0.15) is 11.6 Å². The summed E-state index contributed by atoms with van der Waals surface area (Å²) in [5, 5.41) is 7.33. The molecule has 4 heterocycles. The molecule has 3 aromatic heterocycles. The quantitative estimate of drug-likeness (QED) is 0.783. The standard InChI is InChI=1S/C19H23N7/c1-12-13(2)21-17(15-6-8-20-9-7-15)23-19(12)26-10-4-5-16(11-26)18-22-14(3)24-25-18/h6-9,16H,4-5,10-11H2,1-3H3,(H,22,24,25). The van der Waals surface area contributed by atoms with E-state index >= 15 is 0 Å². The molecule has 0 aliphatic carbocycles. The van der Waals surface area contributed by atoms with Crippen molar-refractivity contribution in [2.75, 3.05) is 18.0 Å². The first-order chi connectivity index (χ1) is 12.6. The molecule has 134 valence electrons. The van der Waals surface area contributed by atoms with Crippen LogP contribution in [0.2, 0.25) is 0 Å². The lowest BCUT2D eigenvalue weighted by atomic mass is 9.97. The Labute approximate surface area is 152 Å². The third kappa shape index (κ3) is 3.16. The molecule has 0 bridgehead atoms. The Bertz CT molecular complexity index is 904. The Morgan fingerprint density at radius 2 is 1.88 bits per heavy atom. The number of nitrogens with one attached hydrogen (secondary N) is 1. The van der Waals surface area contributed by atoms with Gasteiger partial charge in [0.25, 0.3) is 0 Å². The van der Waals surface area contributed by atoms with Crippen LogP contribution >= 0.6 is 0 Å². The van der Waals surface area contributed by atoms with E-state index in [9.17, 15) is 0 Å². The Hall–Kier alpha value is -2.83. The fourth-order valence-corrected chi connectivity index (χ4v) is 3.47. The lowest BCUT2D eigenvalue weighted by Crippen LogP contribution is -2.36. The van der Waals surface area contributed by atoms with Crippen molar-refractivity contribution in [2.24, 2.45) is 0 Å². The number of hydrogen-bond donors (Lipinski definition) is 1. The zero-order chi connectivity index (χ0) is 18.1. The van der Waals surface area contributed by atoms with E-state index in [2.05, 4.69) is 37.0 Å². The van der Waals surface area contributed by atoms with Gasteiger partial charge in [0.05, 0.1) is 0 Å². The molecular weight excluding hydrogens is 326 g/mol. The topological polar surface area (TPSA) is 83.5 Å². The second-order valence-corrected chi connectivity index (χ2v) is 6.88. The van der Waals surface area contributed by atoms with Gasteiger partial charge in [0, 0.05) is 48.2 Å². The van der Waals surface area contributed by atoms with E-state index in [1.165, 1.54) is 0 Å². The van der Waals surface area contributed by atoms with Gasteiger partial charge < -0.3 is 4.90 Å². The van der Waals surface area contributed by atoms with Crippen LogP contribution < -0.4 is 4.90 Å². The van der Waals surface area contributed by atoms with Crippen LogP contribution in [0.4, 0.5) is 5.82 Å². The average Bonchev–Trinajstić information content (AvgIpc) is 3.11. The molecule has 1 aliphatic heterocycles. The summed E-state index contributed by atoms with van der Waals surface area (Å²) >= 11 is 0. The van der Waals surface area contributed by atoms with Gasteiger partial charge in [0.15, 0.2) is 11.6 Å². The third-order valence-electron chi connectivity index (χ3n) is 5.00. The summed E-state index contributed by atoms with van der Waals surface area (Å²) in [5.41, 5.74) is 3.13. The van der Waals surface area contributed by atoms with E-state index in [4.69, 9.17) is 4.98 Å². The van der Waals surface area contributed by atoms with Gasteiger partial charge in [0.2, 0.25) is 0 Å². The van der Waals surface area contributed by atoms with Crippen molar-refractivity contribution < 1.29 is 0 Å². The summed E-state index contributed by atoms with van der Waals surface area (Å²) < 4.78 is 0. The molecule has 7 nitrogen and oxygen atoms in total. The number of hydrogen-bond acceptors (Lipinski definition) is 6. The SMILES string of the molecule is Cc1nc(C2CCCN(c3nc(-c4ccncc4)nc(C)c3C)C2)n[nH]1. The molecule has 1 aliphatic rings. The van der Waals surface area contributed by atoms with Gasteiger partial charge >= 0.3 is 0 Å². The first kappa shape index (κ1) is 16.6. The van der Waals surface area contributed by atoms with E-state index in [0.29, 0.717) is 5.92 Å². The van der Waals surface area contributed by atoms with E-state index < -0.39 is 0 Å². The number of aromatic nitrogens is 6. The molecular formula is C19H23N7. The largest absolute Gasteiger partial charge is 0.356 e. The predicted molar refractivity (Wildman–Crippen MR) is 100 cm³/mol. The number of anilines is 1. The fourth-order valence-electron chi connectivity index (χ4n) is 3.47. The van der Waals surface area contributed by atoms with Crippen molar-refractivity contribution in [3.8, 4) is 11.4 Å². The van der Waals surface area contributed by atoms with Crippen molar-refractivity contribution in [3.05, 3.63) is 47.4 Å². The number of aromatic amines is 1. The maximum atomic E-state index is 4.90. The van der Waals surface area contributed by atoms with Crippen molar-refractivity contribution >= 4 is 5.82 Å². The molecule has 0 aromatic carbocycles. The second-order valence-electron chi connectivity index (χ2n) is 6.88. The number of H-pyrrole nitrogens is 1. The highest BCUT2D eigenvalue weighted by atomic mass is 15.2. The Kier molecular flexibility index (Phi) is 4.36. The highest BCUT2D eigenvalue weighted by molar-refractivity contribution is 5.60. The van der Waals surface area contributed by atoms with Crippen LogP contribution in [0.15, 0.2) is 24.5 Å². The van der Waals surface area contributed by atoms with E-state index in [1.807, 2.05) is 26.0 Å². The summed E-state index contributed by atoms with van der Waals surface area (Å²) in [6.45, 7) is 7.96. The van der Waals surface area contributed by atoms with Crippen LogP contribution in [-0.2, 0) is 0 Å².